The third-order valence-corrected chi connectivity index (χ3v) is 0.816. The van der Waals surface area contributed by atoms with E-state index in [0.29, 0.717) is 0 Å². The molecular weight excluding hydrogens is 93.1 g/mol. The zero-order valence-corrected chi connectivity index (χ0v) is 4.87. The molecular formula is C5H12FN. The fourth-order valence-corrected chi connectivity index (χ4v) is 0.403. The molecule has 0 aliphatic heterocycles. The number of hydrogen-bond acceptors (Lipinski definition) is 1. The monoisotopic (exact) mass is 105 g/mol. The molecule has 0 saturated carbocycles. The highest BCUT2D eigenvalue weighted by Gasteiger charge is 1.95. The van der Waals surface area contributed by atoms with Gasteiger partial charge in [-0.05, 0) is 19.5 Å². The molecule has 0 unspecified atom stereocenters. The third-order valence-electron chi connectivity index (χ3n) is 0.816. The fourth-order valence-electron chi connectivity index (χ4n) is 0.403. The highest BCUT2D eigenvalue weighted by atomic mass is 19.1. The van der Waals surface area contributed by atoms with Crippen LogP contribution in [0.2, 0.25) is 0 Å². The normalized spacial score (nSPS) is 14.1. The third kappa shape index (κ3) is 3.73. The van der Waals surface area contributed by atoms with Crippen molar-refractivity contribution >= 4 is 0 Å². The molecule has 0 aliphatic rings. The first-order chi connectivity index (χ1) is 3.31. The van der Waals surface area contributed by atoms with Gasteiger partial charge in [0.25, 0.3) is 0 Å². The second kappa shape index (κ2) is 4.06. The molecule has 1 atom stereocenters. The SMILES string of the molecule is CNC[C@H](C)CF. The van der Waals surface area contributed by atoms with Gasteiger partial charge in [-0.15, -0.1) is 0 Å². The Balaban J connectivity index is 2.83. The molecule has 0 saturated heterocycles. The Hall–Kier alpha value is -0.110. The lowest BCUT2D eigenvalue weighted by molar-refractivity contribution is 0.375. The van der Waals surface area contributed by atoms with Crippen LogP contribution < -0.4 is 5.32 Å². The highest BCUT2D eigenvalue weighted by molar-refractivity contribution is 4.49. The van der Waals surface area contributed by atoms with Gasteiger partial charge in [0.1, 0.15) is 0 Å². The molecule has 0 bridgehead atoms. The van der Waals surface area contributed by atoms with E-state index in [0.717, 1.165) is 6.54 Å². The maximum Gasteiger partial charge on any atom is 0.0932 e. The molecule has 0 aromatic carbocycles. The highest BCUT2D eigenvalue weighted by Crippen LogP contribution is 1.90. The predicted octanol–water partition coefficient (Wildman–Crippen LogP) is 0.811. The Kier molecular flexibility index (Phi) is 4.00. The molecule has 0 spiro atoms. The van der Waals surface area contributed by atoms with Crippen LogP contribution >= 0.6 is 0 Å². The van der Waals surface area contributed by atoms with E-state index in [-0.39, 0.29) is 12.6 Å². The van der Waals surface area contributed by atoms with E-state index >= 15 is 0 Å². The fraction of sp³-hybridized carbons (Fsp3) is 1.00. The van der Waals surface area contributed by atoms with E-state index in [4.69, 9.17) is 0 Å². The first kappa shape index (κ1) is 6.89. The minimum Gasteiger partial charge on any atom is -0.319 e. The lowest BCUT2D eigenvalue weighted by Crippen LogP contribution is -2.17. The Bertz CT molecular complexity index is 39.1. The van der Waals surface area contributed by atoms with Gasteiger partial charge in [-0.25, -0.2) is 0 Å². The van der Waals surface area contributed by atoms with Crippen LogP contribution in [0.25, 0.3) is 0 Å². The van der Waals surface area contributed by atoms with Crippen molar-refractivity contribution in [2.45, 2.75) is 6.92 Å². The zero-order valence-electron chi connectivity index (χ0n) is 4.87. The van der Waals surface area contributed by atoms with Crippen LogP contribution in [0.15, 0.2) is 0 Å². The summed E-state index contributed by atoms with van der Waals surface area (Å²) in [6, 6.07) is 0. The largest absolute Gasteiger partial charge is 0.319 e. The number of rotatable bonds is 3. The van der Waals surface area contributed by atoms with Crippen molar-refractivity contribution in [2.75, 3.05) is 20.3 Å². The lowest BCUT2D eigenvalue weighted by atomic mass is 10.2. The van der Waals surface area contributed by atoms with Crippen LogP contribution in [0.1, 0.15) is 6.92 Å². The van der Waals surface area contributed by atoms with Crippen molar-refractivity contribution in [3.05, 3.63) is 0 Å². The molecule has 0 aliphatic carbocycles. The van der Waals surface area contributed by atoms with E-state index < -0.39 is 0 Å². The minimum absolute atomic E-state index is 0.171. The topological polar surface area (TPSA) is 12.0 Å². The van der Waals surface area contributed by atoms with Crippen molar-refractivity contribution in [1.82, 2.24) is 5.32 Å². The smallest absolute Gasteiger partial charge is 0.0932 e. The van der Waals surface area contributed by atoms with Crippen LogP contribution in [0, 0.1) is 5.92 Å². The van der Waals surface area contributed by atoms with Gasteiger partial charge in [0.05, 0.1) is 6.67 Å². The summed E-state index contributed by atoms with van der Waals surface area (Å²) >= 11 is 0. The van der Waals surface area contributed by atoms with E-state index in [1.807, 2.05) is 14.0 Å². The first-order valence-corrected chi connectivity index (χ1v) is 2.51. The van der Waals surface area contributed by atoms with Crippen molar-refractivity contribution in [1.29, 1.82) is 0 Å². The molecule has 1 N–H and O–H groups in total. The average molecular weight is 105 g/mol. The van der Waals surface area contributed by atoms with Gasteiger partial charge < -0.3 is 5.32 Å². The number of alkyl halides is 1. The van der Waals surface area contributed by atoms with Crippen LogP contribution in [0.4, 0.5) is 4.39 Å². The molecule has 0 rings (SSSR count). The summed E-state index contributed by atoms with van der Waals surface area (Å²) in [5.74, 6) is 0.171. The lowest BCUT2D eigenvalue weighted by Gasteiger charge is -2.01. The summed E-state index contributed by atoms with van der Waals surface area (Å²) in [7, 11) is 1.83. The van der Waals surface area contributed by atoms with Crippen LogP contribution in [-0.2, 0) is 0 Å². The molecule has 44 valence electrons. The van der Waals surface area contributed by atoms with Crippen LogP contribution in [0.3, 0.4) is 0 Å². The average Bonchev–Trinajstić information content (AvgIpc) is 1.68. The van der Waals surface area contributed by atoms with Crippen LogP contribution in [-0.4, -0.2) is 20.3 Å². The second-order valence-corrected chi connectivity index (χ2v) is 1.82. The summed E-state index contributed by atoms with van der Waals surface area (Å²) in [5.41, 5.74) is 0. The Morgan fingerprint density at radius 2 is 2.29 bits per heavy atom. The molecule has 0 heterocycles. The number of hydrogen-bond donors (Lipinski definition) is 1. The molecule has 0 fully saturated rings. The molecule has 7 heavy (non-hydrogen) atoms. The quantitative estimate of drug-likeness (QED) is 0.560. The summed E-state index contributed by atoms with van der Waals surface area (Å²) in [4.78, 5) is 0. The second-order valence-electron chi connectivity index (χ2n) is 1.82. The van der Waals surface area contributed by atoms with Crippen molar-refractivity contribution in [3.63, 3.8) is 0 Å². The van der Waals surface area contributed by atoms with Gasteiger partial charge in [0, 0.05) is 0 Å². The standard InChI is InChI=1S/C5H12FN/c1-5(3-6)4-7-2/h5,7H,3-4H2,1-2H3/t5-/m1/s1. The summed E-state index contributed by atoms with van der Waals surface area (Å²) < 4.78 is 11.5. The summed E-state index contributed by atoms with van der Waals surface area (Å²) in [6.45, 7) is 2.42. The van der Waals surface area contributed by atoms with Crippen molar-refractivity contribution < 1.29 is 4.39 Å². The maximum atomic E-state index is 11.5. The van der Waals surface area contributed by atoms with Gasteiger partial charge >= 0.3 is 0 Å². The Morgan fingerprint density at radius 1 is 1.71 bits per heavy atom. The molecule has 2 heteroatoms. The zero-order chi connectivity index (χ0) is 5.70. The van der Waals surface area contributed by atoms with Gasteiger partial charge in [-0.1, -0.05) is 6.92 Å². The predicted molar refractivity (Wildman–Crippen MR) is 29.1 cm³/mol. The minimum atomic E-state index is -0.221. The first-order valence-electron chi connectivity index (χ1n) is 2.51. The van der Waals surface area contributed by atoms with Crippen molar-refractivity contribution in [3.8, 4) is 0 Å². The Morgan fingerprint density at radius 3 is 2.43 bits per heavy atom. The molecule has 0 aromatic heterocycles. The summed E-state index contributed by atoms with van der Waals surface area (Å²) in [6.07, 6.45) is 0. The maximum absolute atomic E-state index is 11.5. The van der Waals surface area contributed by atoms with Crippen molar-refractivity contribution in [2.24, 2.45) is 5.92 Å². The van der Waals surface area contributed by atoms with E-state index in [1.165, 1.54) is 0 Å². The number of halogens is 1. The Labute approximate surface area is 43.9 Å². The van der Waals surface area contributed by atoms with E-state index in [9.17, 15) is 4.39 Å². The van der Waals surface area contributed by atoms with E-state index in [2.05, 4.69) is 5.32 Å². The molecule has 0 aromatic rings. The van der Waals surface area contributed by atoms with Gasteiger partial charge in [0.2, 0.25) is 0 Å². The van der Waals surface area contributed by atoms with E-state index in [1.54, 1.807) is 0 Å². The van der Waals surface area contributed by atoms with Gasteiger partial charge in [-0.2, -0.15) is 0 Å². The van der Waals surface area contributed by atoms with Crippen LogP contribution in [0.5, 0.6) is 0 Å². The number of nitrogens with one attached hydrogen (secondary N) is 1. The molecule has 1 nitrogen and oxygen atoms in total. The molecule has 0 radical (unpaired) electrons. The molecule has 0 amide bonds. The summed E-state index contributed by atoms with van der Waals surface area (Å²) in [5, 5.41) is 2.88. The van der Waals surface area contributed by atoms with Gasteiger partial charge in [0.15, 0.2) is 0 Å². The van der Waals surface area contributed by atoms with Gasteiger partial charge in [-0.3, -0.25) is 4.39 Å².